The molecule has 1 aliphatic carbocycles. The number of rotatable bonds is 3. The van der Waals surface area contributed by atoms with Gasteiger partial charge in [0, 0.05) is 32.1 Å². The van der Waals surface area contributed by atoms with Crippen LogP contribution >= 0.6 is 12.4 Å². The van der Waals surface area contributed by atoms with E-state index in [1.54, 1.807) is 0 Å². The van der Waals surface area contributed by atoms with Gasteiger partial charge in [-0.3, -0.25) is 19.3 Å². The smallest absolute Gasteiger partial charge is 0.233 e. The highest BCUT2D eigenvalue weighted by molar-refractivity contribution is 6.05. The molecule has 2 saturated heterocycles. The first-order chi connectivity index (χ1) is 11.3. The third-order valence-electron chi connectivity index (χ3n) is 6.15. The predicted octanol–water partition coefficient (Wildman–Crippen LogP) is 1.56. The fourth-order valence-corrected chi connectivity index (χ4v) is 4.40. The molecule has 142 valence electrons. The van der Waals surface area contributed by atoms with E-state index in [4.69, 9.17) is 5.73 Å². The molecule has 0 spiro atoms. The van der Waals surface area contributed by atoms with Gasteiger partial charge in [0.1, 0.15) is 0 Å². The van der Waals surface area contributed by atoms with Crippen LogP contribution in [-0.2, 0) is 14.4 Å². The second kappa shape index (κ2) is 7.62. The molecule has 3 rings (SSSR count). The summed E-state index contributed by atoms with van der Waals surface area (Å²) in [4.78, 5) is 40.6. The van der Waals surface area contributed by atoms with E-state index in [9.17, 15) is 14.4 Å². The largest absolute Gasteiger partial charge is 0.342 e. The van der Waals surface area contributed by atoms with Crippen molar-refractivity contribution < 1.29 is 14.4 Å². The van der Waals surface area contributed by atoms with Crippen molar-refractivity contribution in [2.75, 3.05) is 19.6 Å². The summed E-state index contributed by atoms with van der Waals surface area (Å²) in [6.07, 6.45) is 4.70. The highest BCUT2D eigenvalue weighted by atomic mass is 35.5. The number of fused-ring (bicyclic) bond motifs is 1. The van der Waals surface area contributed by atoms with Gasteiger partial charge >= 0.3 is 0 Å². The first-order valence-corrected chi connectivity index (χ1v) is 9.20. The summed E-state index contributed by atoms with van der Waals surface area (Å²) in [6, 6.07) is 0.103. The minimum Gasteiger partial charge on any atom is -0.342 e. The first kappa shape index (κ1) is 20.2. The zero-order valence-corrected chi connectivity index (χ0v) is 16.0. The fourth-order valence-electron chi connectivity index (χ4n) is 4.40. The van der Waals surface area contributed by atoms with Crippen molar-refractivity contribution in [2.45, 2.75) is 58.4 Å². The maximum Gasteiger partial charge on any atom is 0.233 e. The van der Waals surface area contributed by atoms with Crippen molar-refractivity contribution in [1.82, 2.24) is 9.80 Å². The van der Waals surface area contributed by atoms with E-state index < -0.39 is 0 Å². The molecule has 0 aromatic carbocycles. The summed E-state index contributed by atoms with van der Waals surface area (Å²) in [6.45, 7) is 5.69. The number of hydrogen-bond acceptors (Lipinski definition) is 4. The Labute approximate surface area is 155 Å². The van der Waals surface area contributed by atoms with E-state index >= 15 is 0 Å². The number of nitrogens with zero attached hydrogens (tertiary/aromatic N) is 2. The van der Waals surface area contributed by atoms with Gasteiger partial charge in [0.15, 0.2) is 0 Å². The first-order valence-electron chi connectivity index (χ1n) is 9.20. The Morgan fingerprint density at radius 2 is 1.68 bits per heavy atom. The normalized spacial score (nSPS) is 31.6. The number of imide groups is 1. The van der Waals surface area contributed by atoms with Gasteiger partial charge in [-0.05, 0) is 24.7 Å². The Bertz CT molecular complexity index is 528. The summed E-state index contributed by atoms with van der Waals surface area (Å²) in [5.41, 5.74) is 6.02. The topological polar surface area (TPSA) is 83.7 Å². The molecule has 3 fully saturated rings. The van der Waals surface area contributed by atoms with Crippen LogP contribution in [0.3, 0.4) is 0 Å². The molecule has 7 heteroatoms. The number of amides is 3. The number of carbonyl (C=O) groups is 3. The van der Waals surface area contributed by atoms with Gasteiger partial charge in [-0.25, -0.2) is 0 Å². The lowest BCUT2D eigenvalue weighted by atomic mass is 9.79. The van der Waals surface area contributed by atoms with Crippen molar-refractivity contribution in [1.29, 1.82) is 0 Å². The highest BCUT2D eigenvalue weighted by Crippen LogP contribution is 2.38. The zero-order valence-electron chi connectivity index (χ0n) is 15.2. The monoisotopic (exact) mass is 371 g/mol. The summed E-state index contributed by atoms with van der Waals surface area (Å²) in [5, 5.41) is 0. The van der Waals surface area contributed by atoms with E-state index in [1.807, 2.05) is 4.90 Å². The third kappa shape index (κ3) is 3.85. The minimum absolute atomic E-state index is 0. The molecule has 0 aromatic rings. The lowest BCUT2D eigenvalue weighted by molar-refractivity contribution is -0.141. The number of piperidine rings is 1. The van der Waals surface area contributed by atoms with Crippen LogP contribution in [0.15, 0.2) is 0 Å². The molecule has 1 saturated carbocycles. The van der Waals surface area contributed by atoms with E-state index in [1.165, 1.54) is 4.90 Å². The molecule has 2 aliphatic heterocycles. The quantitative estimate of drug-likeness (QED) is 0.763. The van der Waals surface area contributed by atoms with Crippen LogP contribution in [0, 0.1) is 17.3 Å². The summed E-state index contributed by atoms with van der Waals surface area (Å²) in [7, 11) is 0. The molecular formula is C18H30ClN3O3. The Morgan fingerprint density at radius 1 is 1.12 bits per heavy atom. The average molecular weight is 372 g/mol. The molecule has 3 atom stereocenters. The lowest BCUT2D eigenvalue weighted by Crippen LogP contribution is -2.54. The van der Waals surface area contributed by atoms with Gasteiger partial charge in [-0.15, -0.1) is 12.4 Å². The Morgan fingerprint density at radius 3 is 2.20 bits per heavy atom. The fraction of sp³-hybridized carbons (Fsp3) is 0.833. The minimum atomic E-state index is -0.131. The van der Waals surface area contributed by atoms with Crippen molar-refractivity contribution in [3.63, 3.8) is 0 Å². The Balaban J connectivity index is 0.00000225. The van der Waals surface area contributed by atoms with Gasteiger partial charge in [-0.2, -0.15) is 0 Å². The third-order valence-corrected chi connectivity index (χ3v) is 6.15. The second-order valence-electron chi connectivity index (χ2n) is 8.27. The van der Waals surface area contributed by atoms with Crippen molar-refractivity contribution in [3.8, 4) is 0 Å². The molecule has 3 aliphatic rings. The van der Waals surface area contributed by atoms with Crippen LogP contribution in [0.25, 0.3) is 0 Å². The molecule has 0 radical (unpaired) electrons. The van der Waals surface area contributed by atoms with E-state index in [0.29, 0.717) is 13.1 Å². The predicted molar refractivity (Wildman–Crippen MR) is 97.0 cm³/mol. The molecule has 0 bridgehead atoms. The highest BCUT2D eigenvalue weighted by Gasteiger charge is 2.48. The van der Waals surface area contributed by atoms with Gasteiger partial charge in [0.25, 0.3) is 0 Å². The van der Waals surface area contributed by atoms with Gasteiger partial charge in [-0.1, -0.05) is 26.7 Å². The lowest BCUT2D eigenvalue weighted by Gasteiger charge is -2.42. The van der Waals surface area contributed by atoms with Gasteiger partial charge < -0.3 is 10.6 Å². The maximum absolute atomic E-state index is 12.5. The van der Waals surface area contributed by atoms with Gasteiger partial charge in [0.05, 0.1) is 11.8 Å². The molecule has 0 aromatic heterocycles. The summed E-state index contributed by atoms with van der Waals surface area (Å²) >= 11 is 0. The Hall–Kier alpha value is -1.14. The standard InChI is InChI=1S/C18H29N3O3.ClH/c1-18(2)11-20(9-7-14(18)19)15(22)8-10-21-16(23)12-5-3-4-6-13(12)17(21)24;/h12-14H,3-11,19H2,1-2H3;1H. The van der Waals surface area contributed by atoms with Crippen LogP contribution < -0.4 is 5.73 Å². The van der Waals surface area contributed by atoms with E-state index in [-0.39, 0.29) is 66.4 Å². The van der Waals surface area contributed by atoms with Crippen LogP contribution in [0.5, 0.6) is 0 Å². The average Bonchev–Trinajstić information content (AvgIpc) is 2.79. The number of likely N-dealkylation sites (tertiary alicyclic amines) is 2. The maximum atomic E-state index is 12.5. The molecule has 6 nitrogen and oxygen atoms in total. The van der Waals surface area contributed by atoms with Crippen molar-refractivity contribution in [3.05, 3.63) is 0 Å². The SMILES string of the molecule is CC1(C)CN(C(=O)CCN2C(=O)C3CCCCC3C2=O)CCC1N.Cl. The van der Waals surface area contributed by atoms with Crippen LogP contribution in [0.4, 0.5) is 0 Å². The van der Waals surface area contributed by atoms with Gasteiger partial charge in [0.2, 0.25) is 17.7 Å². The van der Waals surface area contributed by atoms with Crippen LogP contribution in [0.1, 0.15) is 52.4 Å². The van der Waals surface area contributed by atoms with E-state index in [2.05, 4.69) is 13.8 Å². The van der Waals surface area contributed by atoms with Crippen LogP contribution in [0.2, 0.25) is 0 Å². The molecular weight excluding hydrogens is 342 g/mol. The number of nitrogens with two attached hydrogens (primary N) is 1. The molecule has 3 amide bonds. The van der Waals surface area contributed by atoms with Crippen molar-refractivity contribution in [2.24, 2.45) is 23.0 Å². The Kier molecular flexibility index (Phi) is 6.15. The second-order valence-corrected chi connectivity index (χ2v) is 8.27. The van der Waals surface area contributed by atoms with Crippen molar-refractivity contribution >= 4 is 30.1 Å². The van der Waals surface area contributed by atoms with E-state index in [0.717, 1.165) is 32.1 Å². The molecule has 2 heterocycles. The number of hydrogen-bond donors (Lipinski definition) is 1. The zero-order chi connectivity index (χ0) is 17.5. The molecule has 3 unspecified atom stereocenters. The summed E-state index contributed by atoms with van der Waals surface area (Å²) < 4.78 is 0. The molecule has 2 N–H and O–H groups in total. The molecule has 25 heavy (non-hydrogen) atoms. The number of carbonyl (C=O) groups excluding carboxylic acids is 3. The summed E-state index contributed by atoms with van der Waals surface area (Å²) in [5.74, 6) is -0.357. The number of halogens is 1. The van der Waals surface area contributed by atoms with Crippen LogP contribution in [-0.4, -0.2) is 53.2 Å².